The minimum atomic E-state index is -0.700. The van der Waals surface area contributed by atoms with Crippen molar-refractivity contribution in [3.8, 4) is 0 Å². The van der Waals surface area contributed by atoms with Crippen molar-refractivity contribution >= 4 is 29.4 Å². The van der Waals surface area contributed by atoms with Crippen LogP contribution in [0.5, 0.6) is 0 Å². The Kier molecular flexibility index (Phi) is 4.83. The summed E-state index contributed by atoms with van der Waals surface area (Å²) in [5, 5.41) is 9.70. The van der Waals surface area contributed by atoms with E-state index in [9.17, 15) is 9.90 Å². The molecule has 5 heteroatoms. The topological polar surface area (TPSA) is 59.4 Å². The quantitative estimate of drug-likeness (QED) is 0.805. The fourth-order valence-electron chi connectivity index (χ4n) is 3.56. The Balaban J connectivity index is 1.50. The van der Waals surface area contributed by atoms with Gasteiger partial charge in [-0.05, 0) is 65.8 Å². The molecule has 1 aromatic heterocycles. The number of thioether (sulfide) groups is 1. The maximum Gasteiger partial charge on any atom is 0.310 e. The number of rotatable bonds is 5. The smallest absolute Gasteiger partial charge is 0.310 e. The van der Waals surface area contributed by atoms with E-state index in [0.29, 0.717) is 31.8 Å². The number of nitrogens with zero attached hydrogens (tertiary/aromatic N) is 1. The van der Waals surface area contributed by atoms with Crippen molar-refractivity contribution < 1.29 is 14.6 Å². The average molecular weight is 367 g/mol. The first-order valence-corrected chi connectivity index (χ1v) is 9.83. The summed E-state index contributed by atoms with van der Waals surface area (Å²) in [7, 11) is 0. The SMILES string of the molecule is O=C(O)C1(CSc2ccc3c(c2)C=C(c2ccncc2)C3)CCOCC1. The Hall–Kier alpha value is -2.11. The monoisotopic (exact) mass is 367 g/mol. The molecule has 0 amide bonds. The van der Waals surface area contributed by atoms with Gasteiger partial charge in [0.1, 0.15) is 0 Å². The minimum Gasteiger partial charge on any atom is -0.481 e. The molecule has 134 valence electrons. The number of benzene rings is 1. The second-order valence-corrected chi connectivity index (χ2v) is 7.98. The molecule has 1 N–H and O–H groups in total. The van der Waals surface area contributed by atoms with Crippen LogP contribution < -0.4 is 0 Å². The summed E-state index contributed by atoms with van der Waals surface area (Å²) < 4.78 is 5.36. The van der Waals surface area contributed by atoms with E-state index in [1.165, 1.54) is 22.3 Å². The largest absolute Gasteiger partial charge is 0.481 e. The number of pyridine rings is 1. The maximum absolute atomic E-state index is 11.8. The Labute approximate surface area is 157 Å². The molecule has 4 nitrogen and oxygen atoms in total. The zero-order valence-electron chi connectivity index (χ0n) is 14.5. The molecule has 0 radical (unpaired) electrons. The van der Waals surface area contributed by atoms with Gasteiger partial charge < -0.3 is 9.84 Å². The van der Waals surface area contributed by atoms with Crippen LogP contribution in [0.4, 0.5) is 0 Å². The van der Waals surface area contributed by atoms with E-state index < -0.39 is 11.4 Å². The number of aromatic nitrogens is 1. The summed E-state index contributed by atoms with van der Waals surface area (Å²) >= 11 is 1.64. The van der Waals surface area contributed by atoms with Crippen LogP contribution in [0.3, 0.4) is 0 Å². The number of aliphatic carboxylic acids is 1. The molecular weight excluding hydrogens is 346 g/mol. The molecule has 0 bridgehead atoms. The Morgan fingerprint density at radius 1 is 1.19 bits per heavy atom. The van der Waals surface area contributed by atoms with Crippen molar-refractivity contribution in [1.29, 1.82) is 0 Å². The van der Waals surface area contributed by atoms with E-state index in [1.807, 2.05) is 24.5 Å². The van der Waals surface area contributed by atoms with Gasteiger partial charge in [-0.3, -0.25) is 9.78 Å². The molecule has 4 rings (SSSR count). The van der Waals surface area contributed by atoms with Gasteiger partial charge in [0.2, 0.25) is 0 Å². The first-order valence-electron chi connectivity index (χ1n) is 8.84. The molecule has 2 aromatic rings. The minimum absolute atomic E-state index is 0.537. The highest BCUT2D eigenvalue weighted by Crippen LogP contribution is 2.39. The summed E-state index contributed by atoms with van der Waals surface area (Å²) in [6, 6.07) is 10.5. The van der Waals surface area contributed by atoms with Crippen molar-refractivity contribution in [2.75, 3.05) is 19.0 Å². The van der Waals surface area contributed by atoms with Gasteiger partial charge in [-0.15, -0.1) is 11.8 Å². The standard InChI is InChI=1S/C21H21NO3S/c23-20(24)21(5-9-25-10-6-21)14-26-19-2-1-16-11-17(12-18(16)13-19)15-3-7-22-8-4-15/h1-4,7-8,12-13H,5-6,9-11,14H2,(H,23,24). The summed E-state index contributed by atoms with van der Waals surface area (Å²) in [6.07, 6.45) is 7.98. The van der Waals surface area contributed by atoms with Gasteiger partial charge in [0.15, 0.2) is 0 Å². The molecule has 2 heterocycles. The summed E-state index contributed by atoms with van der Waals surface area (Å²) in [6.45, 7) is 1.07. The van der Waals surface area contributed by atoms with E-state index in [4.69, 9.17) is 4.74 Å². The summed E-state index contributed by atoms with van der Waals surface area (Å²) in [4.78, 5) is 17.0. The lowest BCUT2D eigenvalue weighted by Gasteiger charge is -2.32. The van der Waals surface area contributed by atoms with Crippen molar-refractivity contribution in [3.05, 3.63) is 59.4 Å². The van der Waals surface area contributed by atoms with Crippen LogP contribution in [0.1, 0.15) is 29.5 Å². The van der Waals surface area contributed by atoms with E-state index in [2.05, 4.69) is 29.3 Å². The van der Waals surface area contributed by atoms with Crippen LogP contribution >= 0.6 is 11.8 Å². The van der Waals surface area contributed by atoms with Gasteiger partial charge >= 0.3 is 5.97 Å². The van der Waals surface area contributed by atoms with Gasteiger partial charge in [-0.25, -0.2) is 0 Å². The second-order valence-electron chi connectivity index (χ2n) is 6.93. The molecule has 1 saturated heterocycles. The molecule has 0 atom stereocenters. The molecule has 1 aliphatic carbocycles. The molecule has 0 saturated carbocycles. The molecule has 26 heavy (non-hydrogen) atoms. The van der Waals surface area contributed by atoms with Gasteiger partial charge in [0.25, 0.3) is 0 Å². The zero-order chi connectivity index (χ0) is 18.0. The van der Waals surface area contributed by atoms with Crippen LogP contribution in [0, 0.1) is 5.41 Å². The van der Waals surface area contributed by atoms with E-state index >= 15 is 0 Å². The maximum atomic E-state index is 11.8. The predicted molar refractivity (Wildman–Crippen MR) is 103 cm³/mol. The number of hydrogen-bond acceptors (Lipinski definition) is 4. The van der Waals surface area contributed by atoms with E-state index in [-0.39, 0.29) is 0 Å². The zero-order valence-corrected chi connectivity index (χ0v) is 15.3. The van der Waals surface area contributed by atoms with E-state index in [1.54, 1.807) is 11.8 Å². The van der Waals surface area contributed by atoms with Crippen molar-refractivity contribution in [2.45, 2.75) is 24.2 Å². The number of fused-ring (bicyclic) bond motifs is 1. The fraction of sp³-hybridized carbons (Fsp3) is 0.333. The van der Waals surface area contributed by atoms with Crippen LogP contribution in [-0.2, 0) is 16.0 Å². The number of carboxylic acid groups (broad SMARTS) is 1. The summed E-state index contributed by atoms with van der Waals surface area (Å²) in [5.41, 5.74) is 4.40. The van der Waals surface area contributed by atoms with Gasteiger partial charge in [-0.1, -0.05) is 12.1 Å². The predicted octanol–water partition coefficient (Wildman–Crippen LogP) is 4.15. The number of ether oxygens (including phenoxy) is 1. The first-order chi connectivity index (χ1) is 12.7. The number of carbonyl (C=O) groups is 1. The van der Waals surface area contributed by atoms with Crippen LogP contribution in [0.25, 0.3) is 11.6 Å². The Bertz CT molecular complexity index is 842. The lowest BCUT2D eigenvalue weighted by molar-refractivity contribution is -0.152. The van der Waals surface area contributed by atoms with E-state index in [0.717, 1.165) is 11.3 Å². The number of allylic oxidation sites excluding steroid dienone is 1. The highest BCUT2D eigenvalue weighted by atomic mass is 32.2. The van der Waals surface area contributed by atoms with Crippen LogP contribution in [0.2, 0.25) is 0 Å². The lowest BCUT2D eigenvalue weighted by atomic mass is 9.82. The van der Waals surface area contributed by atoms with Crippen molar-refractivity contribution in [1.82, 2.24) is 4.98 Å². The third kappa shape index (κ3) is 3.41. The molecule has 0 unspecified atom stereocenters. The number of carboxylic acids is 1. The van der Waals surface area contributed by atoms with Gasteiger partial charge in [0.05, 0.1) is 5.41 Å². The second kappa shape index (κ2) is 7.25. The molecule has 1 aliphatic heterocycles. The first kappa shape index (κ1) is 17.3. The Morgan fingerprint density at radius 3 is 2.69 bits per heavy atom. The summed E-state index contributed by atoms with van der Waals surface area (Å²) in [5.74, 6) is -0.111. The Morgan fingerprint density at radius 2 is 1.96 bits per heavy atom. The van der Waals surface area contributed by atoms with Crippen molar-refractivity contribution in [3.63, 3.8) is 0 Å². The molecule has 1 aromatic carbocycles. The highest BCUT2D eigenvalue weighted by molar-refractivity contribution is 7.99. The average Bonchev–Trinajstić information content (AvgIpc) is 3.11. The van der Waals surface area contributed by atoms with Crippen LogP contribution in [-0.4, -0.2) is 35.0 Å². The third-order valence-corrected chi connectivity index (χ3v) is 6.58. The highest BCUT2D eigenvalue weighted by Gasteiger charge is 2.40. The fourth-order valence-corrected chi connectivity index (χ4v) is 4.79. The molecule has 2 aliphatic rings. The van der Waals surface area contributed by atoms with Gasteiger partial charge in [0, 0.05) is 36.3 Å². The lowest BCUT2D eigenvalue weighted by Crippen LogP contribution is -2.39. The third-order valence-electron chi connectivity index (χ3n) is 5.30. The normalized spacial score (nSPS) is 18.2. The van der Waals surface area contributed by atoms with Crippen LogP contribution in [0.15, 0.2) is 47.6 Å². The molecule has 1 fully saturated rings. The van der Waals surface area contributed by atoms with Gasteiger partial charge in [-0.2, -0.15) is 0 Å². The molecule has 0 spiro atoms. The molecular formula is C21H21NO3S. The number of hydrogen-bond donors (Lipinski definition) is 1. The van der Waals surface area contributed by atoms with Crippen molar-refractivity contribution in [2.24, 2.45) is 5.41 Å².